The topological polar surface area (TPSA) is 77.8 Å². The molecule has 1 saturated carbocycles. The van der Waals surface area contributed by atoms with Crippen LogP contribution in [-0.2, 0) is 6.42 Å². The number of aliphatic hydroxyl groups excluding tert-OH is 2. The van der Waals surface area contributed by atoms with Gasteiger partial charge in [-0.1, -0.05) is 68.7 Å². The Kier molecular flexibility index (Phi) is 8.50. The Morgan fingerprint density at radius 2 is 2.03 bits per heavy atom. The van der Waals surface area contributed by atoms with Crippen LogP contribution in [0.3, 0.4) is 0 Å². The zero-order chi connectivity index (χ0) is 22.4. The molecule has 31 heavy (non-hydrogen) atoms. The van der Waals surface area contributed by atoms with Crippen LogP contribution in [0.4, 0.5) is 0 Å². The van der Waals surface area contributed by atoms with Crippen LogP contribution in [0.5, 0.6) is 0 Å². The van der Waals surface area contributed by atoms with Crippen molar-refractivity contribution in [3.63, 3.8) is 0 Å². The number of hydrogen-bond donors (Lipinski definition) is 3. The standard InChI is InChI=1S/C27H38O4/c1-3-7-18(2)14-22(28)12-13-24-25-16-19(15-21(25)17-26(24)29)8-6-10-20-9-4-5-11-23(20)27(30)31/h4-5,9,11-13,15,18,21-22,24-26,28-29H,3,6-8,10,14,16-17H2,1-2H3,(H,30,31)/b13-12+/t18?,21-,22+,24-,25-,26+/m0/s1. The molecule has 6 atom stereocenters. The average Bonchev–Trinajstić information content (AvgIpc) is 3.23. The molecule has 4 heteroatoms. The molecule has 4 nitrogen and oxygen atoms in total. The van der Waals surface area contributed by atoms with E-state index in [2.05, 4.69) is 26.0 Å². The molecule has 0 aromatic heterocycles. The highest BCUT2D eigenvalue weighted by Gasteiger charge is 2.43. The first kappa shape index (κ1) is 23.7. The lowest BCUT2D eigenvalue weighted by Gasteiger charge is -2.19. The molecule has 0 radical (unpaired) electrons. The van der Waals surface area contributed by atoms with E-state index in [0.29, 0.717) is 23.3 Å². The number of benzene rings is 1. The van der Waals surface area contributed by atoms with E-state index < -0.39 is 12.1 Å². The number of rotatable bonds is 11. The van der Waals surface area contributed by atoms with Gasteiger partial charge in [-0.25, -0.2) is 4.79 Å². The van der Waals surface area contributed by atoms with Crippen LogP contribution >= 0.6 is 0 Å². The number of carbonyl (C=O) groups is 1. The molecule has 0 spiro atoms. The van der Waals surface area contributed by atoms with E-state index in [1.54, 1.807) is 12.1 Å². The Morgan fingerprint density at radius 1 is 1.26 bits per heavy atom. The Labute approximate surface area is 186 Å². The maximum absolute atomic E-state index is 11.4. The molecule has 0 saturated heterocycles. The molecule has 1 fully saturated rings. The molecule has 0 heterocycles. The first-order valence-electron chi connectivity index (χ1n) is 11.9. The van der Waals surface area contributed by atoms with Crippen LogP contribution in [0.2, 0.25) is 0 Å². The van der Waals surface area contributed by atoms with Gasteiger partial charge in [0.25, 0.3) is 0 Å². The third-order valence-corrected chi connectivity index (χ3v) is 7.12. The highest BCUT2D eigenvalue weighted by atomic mass is 16.4. The zero-order valence-corrected chi connectivity index (χ0v) is 18.9. The van der Waals surface area contributed by atoms with E-state index in [4.69, 9.17) is 0 Å². The van der Waals surface area contributed by atoms with Gasteiger partial charge >= 0.3 is 5.97 Å². The van der Waals surface area contributed by atoms with Crippen molar-refractivity contribution in [2.45, 2.75) is 77.4 Å². The molecule has 2 aliphatic rings. The zero-order valence-electron chi connectivity index (χ0n) is 18.9. The summed E-state index contributed by atoms with van der Waals surface area (Å²) in [6.45, 7) is 4.35. The number of carboxylic acid groups (broad SMARTS) is 1. The minimum absolute atomic E-state index is 0.114. The third kappa shape index (κ3) is 6.30. The summed E-state index contributed by atoms with van der Waals surface area (Å²) in [7, 11) is 0. The lowest BCUT2D eigenvalue weighted by molar-refractivity contribution is 0.0695. The SMILES string of the molecule is CCCC(C)C[C@H](O)/C=C/[C@H]1[C@H]2CC(CCCc3ccccc3C(=O)O)=C[C@H]2C[C@H]1O. The van der Waals surface area contributed by atoms with Crippen molar-refractivity contribution in [2.75, 3.05) is 0 Å². The van der Waals surface area contributed by atoms with Gasteiger partial charge in [0.2, 0.25) is 0 Å². The Balaban J connectivity index is 1.51. The summed E-state index contributed by atoms with van der Waals surface area (Å²) >= 11 is 0. The molecule has 0 bridgehead atoms. The fraction of sp³-hybridized carbons (Fsp3) is 0.593. The van der Waals surface area contributed by atoms with Gasteiger partial charge < -0.3 is 15.3 Å². The maximum atomic E-state index is 11.4. The van der Waals surface area contributed by atoms with Gasteiger partial charge in [-0.15, -0.1) is 0 Å². The average molecular weight is 427 g/mol. The summed E-state index contributed by atoms with van der Waals surface area (Å²) in [5, 5.41) is 30.2. The van der Waals surface area contributed by atoms with Crippen molar-refractivity contribution in [1.82, 2.24) is 0 Å². The van der Waals surface area contributed by atoms with Crippen molar-refractivity contribution in [2.24, 2.45) is 23.7 Å². The minimum atomic E-state index is -0.861. The molecule has 1 aromatic carbocycles. The number of allylic oxidation sites excluding steroid dienone is 2. The second-order valence-corrected chi connectivity index (χ2v) is 9.63. The van der Waals surface area contributed by atoms with E-state index in [9.17, 15) is 20.1 Å². The smallest absolute Gasteiger partial charge is 0.335 e. The van der Waals surface area contributed by atoms with Crippen LogP contribution in [0.15, 0.2) is 48.1 Å². The number of aromatic carboxylic acids is 1. The van der Waals surface area contributed by atoms with Crippen LogP contribution < -0.4 is 0 Å². The molecule has 0 aliphatic heterocycles. The summed E-state index contributed by atoms with van der Waals surface area (Å²) in [6.07, 6.45) is 13.1. The molecule has 0 amide bonds. The fourth-order valence-electron chi connectivity index (χ4n) is 5.60. The first-order valence-corrected chi connectivity index (χ1v) is 11.9. The fourth-order valence-corrected chi connectivity index (χ4v) is 5.60. The van der Waals surface area contributed by atoms with Gasteiger partial charge in [-0.3, -0.25) is 0 Å². The molecule has 2 aliphatic carbocycles. The second kappa shape index (κ2) is 11.1. The Bertz CT molecular complexity index is 796. The summed E-state index contributed by atoms with van der Waals surface area (Å²) in [5.41, 5.74) is 2.74. The summed E-state index contributed by atoms with van der Waals surface area (Å²) in [6, 6.07) is 7.25. The lowest BCUT2D eigenvalue weighted by atomic mass is 9.88. The van der Waals surface area contributed by atoms with Crippen LogP contribution in [0.25, 0.3) is 0 Å². The lowest BCUT2D eigenvalue weighted by Crippen LogP contribution is -2.18. The van der Waals surface area contributed by atoms with Gasteiger partial charge in [0.05, 0.1) is 17.8 Å². The molecule has 170 valence electrons. The molecular weight excluding hydrogens is 388 g/mol. The van der Waals surface area contributed by atoms with Crippen LogP contribution in [0, 0.1) is 23.7 Å². The molecular formula is C27H38O4. The molecule has 1 unspecified atom stereocenters. The summed E-state index contributed by atoms with van der Waals surface area (Å²) in [5.74, 6) is 0.606. The first-order chi connectivity index (χ1) is 14.9. The van der Waals surface area contributed by atoms with Crippen molar-refractivity contribution < 1.29 is 20.1 Å². The minimum Gasteiger partial charge on any atom is -0.478 e. The molecule has 3 rings (SSSR count). The summed E-state index contributed by atoms with van der Waals surface area (Å²) < 4.78 is 0. The highest BCUT2D eigenvalue weighted by Crippen LogP contribution is 2.48. The van der Waals surface area contributed by atoms with E-state index in [1.807, 2.05) is 18.2 Å². The Morgan fingerprint density at radius 3 is 2.77 bits per heavy atom. The van der Waals surface area contributed by atoms with E-state index in [1.165, 1.54) is 5.57 Å². The van der Waals surface area contributed by atoms with E-state index >= 15 is 0 Å². The van der Waals surface area contributed by atoms with Crippen LogP contribution in [0.1, 0.15) is 74.7 Å². The van der Waals surface area contributed by atoms with Crippen molar-refractivity contribution >= 4 is 5.97 Å². The largest absolute Gasteiger partial charge is 0.478 e. The number of carboxylic acids is 1. The predicted molar refractivity (Wildman–Crippen MR) is 124 cm³/mol. The summed E-state index contributed by atoms with van der Waals surface area (Å²) in [4.78, 5) is 11.4. The third-order valence-electron chi connectivity index (χ3n) is 7.12. The second-order valence-electron chi connectivity index (χ2n) is 9.63. The van der Waals surface area contributed by atoms with E-state index in [-0.39, 0.29) is 12.0 Å². The van der Waals surface area contributed by atoms with Crippen molar-refractivity contribution in [3.8, 4) is 0 Å². The quantitative estimate of drug-likeness (QED) is 0.414. The van der Waals surface area contributed by atoms with Gasteiger partial charge in [0, 0.05) is 5.92 Å². The molecule has 1 aromatic rings. The van der Waals surface area contributed by atoms with Gasteiger partial charge in [0.15, 0.2) is 0 Å². The molecule has 3 N–H and O–H groups in total. The number of aliphatic hydroxyl groups is 2. The monoisotopic (exact) mass is 426 g/mol. The maximum Gasteiger partial charge on any atom is 0.335 e. The Hall–Kier alpha value is -1.91. The van der Waals surface area contributed by atoms with Gasteiger partial charge in [-0.2, -0.15) is 0 Å². The van der Waals surface area contributed by atoms with Crippen molar-refractivity contribution in [1.29, 1.82) is 0 Å². The van der Waals surface area contributed by atoms with Crippen LogP contribution in [-0.4, -0.2) is 33.5 Å². The highest BCUT2D eigenvalue weighted by molar-refractivity contribution is 5.89. The van der Waals surface area contributed by atoms with E-state index in [0.717, 1.165) is 56.9 Å². The number of aryl methyl sites for hydroxylation is 1. The van der Waals surface area contributed by atoms with Gasteiger partial charge in [0.1, 0.15) is 0 Å². The predicted octanol–water partition coefficient (Wildman–Crippen LogP) is 5.39. The number of hydrogen-bond acceptors (Lipinski definition) is 3. The van der Waals surface area contributed by atoms with Crippen molar-refractivity contribution in [3.05, 3.63) is 59.2 Å². The number of fused-ring (bicyclic) bond motifs is 1. The van der Waals surface area contributed by atoms with Gasteiger partial charge in [-0.05, 0) is 67.9 Å². The normalized spacial score (nSPS) is 27.3.